The fourth-order valence-corrected chi connectivity index (χ4v) is 4.61. The van der Waals surface area contributed by atoms with Crippen LogP contribution in [-0.4, -0.2) is 43.7 Å². The highest BCUT2D eigenvalue weighted by atomic mass is 16.5. The number of fused-ring (bicyclic) bond motifs is 1. The predicted molar refractivity (Wildman–Crippen MR) is 151 cm³/mol. The van der Waals surface area contributed by atoms with Gasteiger partial charge in [0.1, 0.15) is 0 Å². The zero-order valence-electron chi connectivity index (χ0n) is 22.6. The molecular formula is C30H32N6O3. The number of benzene rings is 2. The average Bonchev–Trinajstić information content (AvgIpc) is 3.55. The number of para-hydroxylation sites is 1. The first-order valence-corrected chi connectivity index (χ1v) is 13.2. The first-order valence-electron chi connectivity index (χ1n) is 13.2. The van der Waals surface area contributed by atoms with E-state index in [9.17, 15) is 4.79 Å². The molecule has 0 fully saturated rings. The van der Waals surface area contributed by atoms with Crippen LogP contribution in [0, 0.1) is 6.92 Å². The molecule has 0 aliphatic carbocycles. The van der Waals surface area contributed by atoms with Gasteiger partial charge in [-0.25, -0.2) is 4.98 Å². The molecule has 0 aliphatic rings. The third-order valence-electron chi connectivity index (χ3n) is 6.48. The molecule has 9 nitrogen and oxygen atoms in total. The van der Waals surface area contributed by atoms with E-state index in [1.54, 1.807) is 17.1 Å². The lowest BCUT2D eigenvalue weighted by Crippen LogP contribution is -2.13. The number of carbonyl (C=O) groups is 1. The van der Waals surface area contributed by atoms with Crippen molar-refractivity contribution in [2.24, 2.45) is 0 Å². The minimum atomic E-state index is -0.227. The molecule has 0 saturated heterocycles. The van der Waals surface area contributed by atoms with Crippen LogP contribution in [0.15, 0.2) is 67.1 Å². The van der Waals surface area contributed by atoms with Crippen LogP contribution in [0.25, 0.3) is 22.2 Å². The van der Waals surface area contributed by atoms with Gasteiger partial charge in [0.15, 0.2) is 11.5 Å². The normalized spacial score (nSPS) is 11.1. The highest BCUT2D eigenvalue weighted by Crippen LogP contribution is 2.30. The Morgan fingerprint density at radius 3 is 2.51 bits per heavy atom. The van der Waals surface area contributed by atoms with Crippen LogP contribution in [0.4, 0.5) is 5.69 Å². The fraction of sp³-hybridized carbons (Fsp3) is 0.267. The molecule has 0 unspecified atom stereocenters. The zero-order chi connectivity index (χ0) is 27.4. The predicted octanol–water partition coefficient (Wildman–Crippen LogP) is 5.72. The van der Waals surface area contributed by atoms with E-state index in [1.807, 2.05) is 87.1 Å². The molecule has 0 saturated carbocycles. The molecule has 39 heavy (non-hydrogen) atoms. The van der Waals surface area contributed by atoms with Crippen molar-refractivity contribution in [1.29, 1.82) is 0 Å². The van der Waals surface area contributed by atoms with Crippen molar-refractivity contribution >= 4 is 22.5 Å². The van der Waals surface area contributed by atoms with E-state index < -0.39 is 0 Å². The van der Waals surface area contributed by atoms with Crippen LogP contribution in [0.3, 0.4) is 0 Å². The molecule has 1 amide bonds. The van der Waals surface area contributed by atoms with Gasteiger partial charge in [-0.05, 0) is 57.5 Å². The summed E-state index contributed by atoms with van der Waals surface area (Å²) in [5.74, 6) is 1.20. The van der Waals surface area contributed by atoms with Crippen LogP contribution < -0.4 is 14.8 Å². The largest absolute Gasteiger partial charge is 0.490 e. The molecule has 200 valence electrons. The molecule has 3 aromatic heterocycles. The number of aromatic nitrogens is 5. The molecule has 0 aliphatic heterocycles. The fourth-order valence-electron chi connectivity index (χ4n) is 4.61. The summed E-state index contributed by atoms with van der Waals surface area (Å²) in [7, 11) is 0. The summed E-state index contributed by atoms with van der Waals surface area (Å²) in [5, 5.41) is 12.7. The summed E-state index contributed by atoms with van der Waals surface area (Å²) < 4.78 is 15.1. The van der Waals surface area contributed by atoms with E-state index in [0.29, 0.717) is 42.5 Å². The van der Waals surface area contributed by atoms with Crippen molar-refractivity contribution in [3.63, 3.8) is 0 Å². The van der Waals surface area contributed by atoms with E-state index in [2.05, 4.69) is 15.5 Å². The smallest absolute Gasteiger partial charge is 0.256 e. The number of nitrogens with zero attached hydrogens (tertiary/aromatic N) is 5. The first kappa shape index (κ1) is 26.0. The van der Waals surface area contributed by atoms with Gasteiger partial charge in [0.2, 0.25) is 0 Å². The van der Waals surface area contributed by atoms with Crippen LogP contribution in [0.2, 0.25) is 0 Å². The third-order valence-corrected chi connectivity index (χ3v) is 6.48. The molecule has 0 bridgehead atoms. The lowest BCUT2D eigenvalue weighted by Gasteiger charge is -2.12. The Kier molecular flexibility index (Phi) is 7.58. The molecule has 0 spiro atoms. The standard InChI is InChI=1S/C30H32N6O3/c1-5-36-20(4)25(17-32-36)27-15-24(23-10-8-9-11-26(23)34-27)30(37)33-22-16-31-35(19-22)18-21-12-13-28(38-6-2)29(14-21)39-7-3/h8-17,19H,5-7,18H2,1-4H3,(H,33,37). The Bertz CT molecular complexity index is 1620. The van der Waals surface area contributed by atoms with Gasteiger partial charge in [-0.2, -0.15) is 10.2 Å². The molecule has 5 rings (SSSR count). The summed E-state index contributed by atoms with van der Waals surface area (Å²) in [5.41, 5.74) is 5.54. The molecule has 5 aromatic rings. The average molecular weight is 525 g/mol. The maximum Gasteiger partial charge on any atom is 0.256 e. The Balaban J connectivity index is 1.39. The second-order valence-electron chi connectivity index (χ2n) is 9.06. The van der Waals surface area contributed by atoms with E-state index in [1.165, 1.54) is 0 Å². The number of amides is 1. The SMILES string of the molecule is CCOc1ccc(Cn2cc(NC(=O)c3cc(-c4cnn(CC)c4C)nc4ccccc34)cn2)cc1OCC. The van der Waals surface area contributed by atoms with Crippen LogP contribution in [-0.2, 0) is 13.1 Å². The third kappa shape index (κ3) is 5.47. The highest BCUT2D eigenvalue weighted by Gasteiger charge is 2.17. The molecule has 9 heteroatoms. The van der Waals surface area contributed by atoms with Gasteiger partial charge in [-0.1, -0.05) is 24.3 Å². The van der Waals surface area contributed by atoms with E-state index in [4.69, 9.17) is 14.5 Å². The second kappa shape index (κ2) is 11.4. The van der Waals surface area contributed by atoms with Crippen molar-refractivity contribution in [2.45, 2.75) is 40.8 Å². The lowest BCUT2D eigenvalue weighted by molar-refractivity contribution is 0.102. The van der Waals surface area contributed by atoms with E-state index >= 15 is 0 Å². The van der Waals surface area contributed by atoms with Gasteiger partial charge in [-0.3, -0.25) is 14.2 Å². The number of rotatable bonds is 10. The van der Waals surface area contributed by atoms with Gasteiger partial charge < -0.3 is 14.8 Å². The Morgan fingerprint density at radius 1 is 0.949 bits per heavy atom. The molecule has 2 aromatic carbocycles. The topological polar surface area (TPSA) is 96.1 Å². The van der Waals surface area contributed by atoms with Crippen LogP contribution in [0.1, 0.15) is 42.4 Å². The molecule has 3 heterocycles. The molecule has 0 radical (unpaired) electrons. The quantitative estimate of drug-likeness (QED) is 0.251. The maximum atomic E-state index is 13.5. The van der Waals surface area contributed by atoms with Gasteiger partial charge in [0.25, 0.3) is 5.91 Å². The Morgan fingerprint density at radius 2 is 1.74 bits per heavy atom. The van der Waals surface area contributed by atoms with E-state index in [-0.39, 0.29) is 5.91 Å². The summed E-state index contributed by atoms with van der Waals surface area (Å²) in [6, 6.07) is 15.4. The summed E-state index contributed by atoms with van der Waals surface area (Å²) in [4.78, 5) is 18.3. The minimum absolute atomic E-state index is 0.227. The van der Waals surface area contributed by atoms with Crippen molar-refractivity contribution in [2.75, 3.05) is 18.5 Å². The van der Waals surface area contributed by atoms with Gasteiger partial charge in [0.05, 0.1) is 54.6 Å². The number of hydrogen-bond donors (Lipinski definition) is 1. The Hall–Kier alpha value is -4.66. The van der Waals surface area contributed by atoms with Crippen molar-refractivity contribution in [3.05, 3.63) is 83.9 Å². The number of carbonyl (C=O) groups excluding carboxylic acids is 1. The monoisotopic (exact) mass is 524 g/mol. The number of hydrogen-bond acceptors (Lipinski definition) is 6. The number of nitrogens with one attached hydrogen (secondary N) is 1. The van der Waals surface area contributed by atoms with Gasteiger partial charge in [-0.15, -0.1) is 0 Å². The van der Waals surface area contributed by atoms with Crippen LogP contribution in [0.5, 0.6) is 11.5 Å². The summed E-state index contributed by atoms with van der Waals surface area (Å²) in [6.07, 6.45) is 5.27. The lowest BCUT2D eigenvalue weighted by atomic mass is 10.0. The number of aryl methyl sites for hydroxylation is 1. The van der Waals surface area contributed by atoms with Gasteiger partial charge >= 0.3 is 0 Å². The zero-order valence-corrected chi connectivity index (χ0v) is 22.6. The second-order valence-corrected chi connectivity index (χ2v) is 9.06. The molecule has 1 N–H and O–H groups in total. The summed E-state index contributed by atoms with van der Waals surface area (Å²) in [6.45, 7) is 10.3. The minimum Gasteiger partial charge on any atom is -0.490 e. The highest BCUT2D eigenvalue weighted by molar-refractivity contribution is 6.13. The van der Waals surface area contributed by atoms with Crippen molar-refractivity contribution in [3.8, 4) is 22.8 Å². The molecular weight excluding hydrogens is 492 g/mol. The number of ether oxygens (including phenoxy) is 2. The molecule has 0 atom stereocenters. The Labute approximate surface area is 227 Å². The van der Waals surface area contributed by atoms with Crippen molar-refractivity contribution < 1.29 is 14.3 Å². The van der Waals surface area contributed by atoms with Crippen LogP contribution >= 0.6 is 0 Å². The maximum absolute atomic E-state index is 13.5. The number of anilines is 1. The van der Waals surface area contributed by atoms with E-state index in [0.717, 1.165) is 40.0 Å². The first-order chi connectivity index (χ1) is 19.0. The summed E-state index contributed by atoms with van der Waals surface area (Å²) >= 11 is 0. The van der Waals surface area contributed by atoms with Gasteiger partial charge in [0, 0.05) is 29.4 Å². The number of pyridine rings is 1. The van der Waals surface area contributed by atoms with Crippen molar-refractivity contribution in [1.82, 2.24) is 24.5 Å².